The quantitative estimate of drug-likeness (QED) is 0.509. The number of nitrogens with two attached hydrogens (primary N) is 1. The molecular weight excluding hydrogens is 280 g/mol. The zero-order chi connectivity index (χ0) is 15.7. The van der Waals surface area contributed by atoms with Gasteiger partial charge in [0.2, 0.25) is 0 Å². The van der Waals surface area contributed by atoms with Gasteiger partial charge in [-0.25, -0.2) is 0 Å². The van der Waals surface area contributed by atoms with Crippen LogP contribution in [0.2, 0.25) is 0 Å². The van der Waals surface area contributed by atoms with Crippen LogP contribution in [0.1, 0.15) is 25.7 Å². The van der Waals surface area contributed by atoms with Gasteiger partial charge in [0.05, 0.1) is 0 Å². The smallest absolute Gasteiger partial charge is 0.255 e. The second kappa shape index (κ2) is 5.28. The van der Waals surface area contributed by atoms with E-state index in [2.05, 4.69) is 15.5 Å². The molecule has 2 aromatic heterocycles. The fourth-order valence-corrected chi connectivity index (χ4v) is 2.12. The van der Waals surface area contributed by atoms with Crippen molar-refractivity contribution < 1.29 is 7.65 Å². The molecule has 22 heavy (non-hydrogen) atoms. The van der Waals surface area contributed by atoms with Crippen LogP contribution in [0.15, 0.2) is 42.9 Å². The molecule has 7 nitrogen and oxygen atoms in total. The fraction of sp³-hybridized carbons (Fsp3) is 0.0667. The summed E-state index contributed by atoms with van der Waals surface area (Å²) in [4.78, 5) is 12.3. The average Bonchev–Trinajstić information content (AvgIpc) is 2.96. The molecule has 0 fully saturated rings. The van der Waals surface area contributed by atoms with Crippen molar-refractivity contribution in [2.75, 3.05) is 11.1 Å². The van der Waals surface area contributed by atoms with Gasteiger partial charge in [0.1, 0.15) is 6.33 Å². The van der Waals surface area contributed by atoms with Crippen molar-refractivity contribution in [3.8, 4) is 0 Å². The van der Waals surface area contributed by atoms with Crippen LogP contribution in [0.4, 0.5) is 11.4 Å². The molecule has 0 aliphatic carbocycles. The number of amides is 1. The molecule has 0 atom stereocenters. The maximum atomic E-state index is 12.3. The Morgan fingerprint density at radius 3 is 2.95 bits per heavy atom. The molecule has 4 N–H and O–H groups in total. The number of carbonyl (C=O) groups excluding carboxylic acids is 1. The third-order valence-electron chi connectivity index (χ3n) is 3.28. The lowest BCUT2D eigenvalue weighted by atomic mass is 10.1. The molecule has 0 unspecified atom stereocenters. The monoisotopic (exact) mass is 298 g/mol. The van der Waals surface area contributed by atoms with Gasteiger partial charge in [-0.3, -0.25) is 9.20 Å². The van der Waals surface area contributed by atoms with E-state index in [0.717, 1.165) is 0 Å². The molecule has 7 heteroatoms. The fourth-order valence-electron chi connectivity index (χ4n) is 2.12. The van der Waals surface area contributed by atoms with Crippen LogP contribution in [0.5, 0.6) is 0 Å². The van der Waals surface area contributed by atoms with Crippen LogP contribution in [-0.2, 0) is 0 Å². The minimum atomic E-state index is -0.260. The number of anilines is 2. The average molecular weight is 298 g/mol. The van der Waals surface area contributed by atoms with E-state index in [1.54, 1.807) is 54.2 Å². The summed E-state index contributed by atoms with van der Waals surface area (Å²) in [5, 5.41) is 18.1. The first kappa shape index (κ1) is 13.7. The molecule has 114 valence electrons. The van der Waals surface area contributed by atoms with Gasteiger partial charge in [-0.2, -0.15) is 0 Å². The zero-order valence-corrected chi connectivity index (χ0v) is 11.9. The van der Waals surface area contributed by atoms with E-state index in [0.29, 0.717) is 33.9 Å². The number of benzene rings is 1. The van der Waals surface area contributed by atoms with Crippen LogP contribution in [0.3, 0.4) is 0 Å². The Morgan fingerprint density at radius 1 is 1.36 bits per heavy atom. The number of nitrogens with zero attached hydrogens (tertiary/aromatic N) is 3. The number of fused-ring (bicyclic) bond motifs is 1. The van der Waals surface area contributed by atoms with Crippen LogP contribution in [-0.4, -0.2) is 26.2 Å². The Labute approximate surface area is 129 Å². The first-order chi connectivity index (χ1) is 10.5. The first-order valence-electron chi connectivity index (χ1n) is 6.60. The van der Waals surface area contributed by atoms with Crippen LogP contribution >= 0.6 is 0 Å². The summed E-state index contributed by atoms with van der Waals surface area (Å²) in [5.74, 6) is -0.260. The van der Waals surface area contributed by atoms with Crippen LogP contribution < -0.4 is 11.1 Å². The van der Waals surface area contributed by atoms with E-state index in [9.17, 15) is 4.79 Å². The molecule has 1 amide bonds. The third kappa shape index (κ3) is 2.51. The van der Waals surface area contributed by atoms with Crippen molar-refractivity contribution in [3.63, 3.8) is 0 Å². The lowest BCUT2D eigenvalue weighted by Crippen LogP contribution is -2.13. The van der Waals surface area contributed by atoms with Crippen molar-refractivity contribution in [2.45, 2.75) is 6.92 Å². The molecule has 0 bridgehead atoms. The number of aromatic nitrogens is 3. The summed E-state index contributed by atoms with van der Waals surface area (Å²) in [6.07, 6.45) is 3.29. The Morgan fingerprint density at radius 2 is 2.18 bits per heavy atom. The number of carbonyl (C=O) groups is 1. The van der Waals surface area contributed by atoms with Gasteiger partial charge in [-0.1, -0.05) is 0 Å². The molecule has 0 radical (unpaired) electrons. The predicted molar refractivity (Wildman–Crippen MR) is 88.5 cm³/mol. The minimum Gasteiger partial charge on any atom is -0.398 e. The Balaban J connectivity index is 0.00000144. The van der Waals surface area contributed by atoms with Gasteiger partial charge in [0, 0.05) is 37.3 Å². The zero-order valence-electron chi connectivity index (χ0n) is 11.9. The van der Waals surface area contributed by atoms with Crippen molar-refractivity contribution in [3.05, 3.63) is 54.0 Å². The second-order valence-electron chi connectivity index (χ2n) is 4.89. The van der Waals surface area contributed by atoms with E-state index >= 15 is 0 Å². The van der Waals surface area contributed by atoms with Crippen LogP contribution in [0, 0.1) is 5.41 Å². The summed E-state index contributed by atoms with van der Waals surface area (Å²) in [7, 11) is 0. The molecule has 0 saturated carbocycles. The maximum absolute atomic E-state index is 12.3. The topological polar surface area (TPSA) is 109 Å². The number of rotatable bonds is 3. The summed E-state index contributed by atoms with van der Waals surface area (Å²) in [6, 6.07) is 8.40. The number of nitrogens with one attached hydrogen (secondary N) is 2. The van der Waals surface area contributed by atoms with Gasteiger partial charge in [0.25, 0.3) is 5.91 Å². The molecule has 0 aliphatic rings. The lowest BCUT2D eigenvalue weighted by Gasteiger charge is -2.09. The van der Waals surface area contributed by atoms with Gasteiger partial charge in [-0.05, 0) is 37.3 Å². The van der Waals surface area contributed by atoms with Crippen LogP contribution in [0.25, 0.3) is 5.65 Å². The highest BCUT2D eigenvalue weighted by Crippen LogP contribution is 2.19. The van der Waals surface area contributed by atoms with E-state index in [1.807, 2.05) is 0 Å². The Bertz CT molecular complexity index is 893. The van der Waals surface area contributed by atoms with Crippen molar-refractivity contribution >= 4 is 28.6 Å². The standard InChI is InChI=1S/C15H14N6O.2H2/c1-9(16)12-7-11(2-3-13(12)17)19-15(22)10-4-5-21-8-18-20-14(21)6-10;;/h2-8,16H,17H2,1H3,(H,19,22);2*1H. The van der Waals surface area contributed by atoms with Crippen molar-refractivity contribution in [1.29, 1.82) is 5.41 Å². The van der Waals surface area contributed by atoms with Gasteiger partial charge in [-0.15, -0.1) is 10.2 Å². The second-order valence-corrected chi connectivity index (χ2v) is 4.89. The molecule has 3 rings (SSSR count). The molecule has 0 saturated heterocycles. The molecule has 0 aliphatic heterocycles. The van der Waals surface area contributed by atoms with E-state index in [-0.39, 0.29) is 8.76 Å². The highest BCUT2D eigenvalue weighted by atomic mass is 16.1. The Hall–Kier alpha value is -3.22. The normalized spacial score (nSPS) is 10.6. The molecule has 3 aromatic rings. The highest BCUT2D eigenvalue weighted by molar-refractivity contribution is 6.06. The number of hydrogen-bond donors (Lipinski definition) is 3. The highest BCUT2D eigenvalue weighted by Gasteiger charge is 2.10. The van der Waals surface area contributed by atoms with E-state index in [1.165, 1.54) is 0 Å². The summed E-state index contributed by atoms with van der Waals surface area (Å²) in [6.45, 7) is 1.65. The Kier molecular flexibility index (Phi) is 3.30. The van der Waals surface area contributed by atoms with Gasteiger partial charge < -0.3 is 16.5 Å². The SMILES string of the molecule is CC(=N)c1cc(NC(=O)c2ccn3cnnc3c2)ccc1N.[HH].[HH]. The minimum absolute atomic E-state index is 0. The molecular formula is C15H18N6O. The van der Waals surface area contributed by atoms with Gasteiger partial charge >= 0.3 is 0 Å². The van der Waals surface area contributed by atoms with Crippen molar-refractivity contribution in [2.24, 2.45) is 0 Å². The van der Waals surface area contributed by atoms with E-state index in [4.69, 9.17) is 11.1 Å². The summed E-state index contributed by atoms with van der Waals surface area (Å²) in [5.41, 5.74) is 8.93. The van der Waals surface area contributed by atoms with E-state index < -0.39 is 0 Å². The lowest BCUT2D eigenvalue weighted by molar-refractivity contribution is 0.102. The maximum Gasteiger partial charge on any atom is 0.255 e. The van der Waals surface area contributed by atoms with Crippen molar-refractivity contribution in [1.82, 2.24) is 14.6 Å². The first-order valence-corrected chi connectivity index (χ1v) is 6.60. The predicted octanol–water partition coefficient (Wildman–Crippen LogP) is 2.44. The molecule has 0 spiro atoms. The number of hydrogen-bond acceptors (Lipinski definition) is 5. The third-order valence-corrected chi connectivity index (χ3v) is 3.28. The van der Waals surface area contributed by atoms with Gasteiger partial charge in [0.15, 0.2) is 5.65 Å². The summed E-state index contributed by atoms with van der Waals surface area (Å²) >= 11 is 0. The number of nitrogen functional groups attached to an aromatic ring is 1. The number of pyridine rings is 1. The largest absolute Gasteiger partial charge is 0.398 e. The molecule has 1 aromatic carbocycles. The molecule has 2 heterocycles. The summed E-state index contributed by atoms with van der Waals surface area (Å²) < 4.78 is 1.72.